The lowest BCUT2D eigenvalue weighted by Gasteiger charge is -2.00. The number of rotatable bonds is 4. The van der Waals surface area contributed by atoms with E-state index in [0.717, 1.165) is 16.9 Å². The predicted octanol–water partition coefficient (Wildman–Crippen LogP) is 4.59. The number of nitrogens with zero attached hydrogens (tertiary/aromatic N) is 2. The van der Waals surface area contributed by atoms with Gasteiger partial charge >= 0.3 is 0 Å². The Hall–Kier alpha value is -2.02. The summed E-state index contributed by atoms with van der Waals surface area (Å²) in [5.41, 5.74) is 1.71. The summed E-state index contributed by atoms with van der Waals surface area (Å²) in [4.78, 5) is 12.1. The van der Waals surface area contributed by atoms with E-state index in [1.54, 1.807) is 17.4 Å². The van der Waals surface area contributed by atoms with Crippen molar-refractivity contribution in [3.8, 4) is 0 Å². The Morgan fingerprint density at radius 2 is 1.91 bits per heavy atom. The predicted molar refractivity (Wildman–Crippen MR) is 92.3 cm³/mol. The molecule has 0 spiro atoms. The van der Waals surface area contributed by atoms with Gasteiger partial charge in [0.2, 0.25) is 5.01 Å². The maximum Gasteiger partial charge on any atom is 0.286 e. The molecule has 0 aliphatic carbocycles. The Labute approximate surface area is 140 Å². The minimum absolute atomic E-state index is 0.274. The summed E-state index contributed by atoms with van der Waals surface area (Å²) >= 11 is 8.97. The molecule has 110 valence electrons. The summed E-state index contributed by atoms with van der Waals surface area (Å²) in [6, 6.07) is 11.2. The lowest BCUT2D eigenvalue weighted by molar-refractivity contribution is 0.102. The first kappa shape index (κ1) is 14.9. The van der Waals surface area contributed by atoms with E-state index in [1.165, 1.54) is 0 Å². The molecule has 3 aromatic rings. The number of carbonyl (C=O) groups excluding carboxylic acids is 1. The lowest BCUT2D eigenvalue weighted by Crippen LogP contribution is -2.11. The van der Waals surface area contributed by atoms with Crippen LogP contribution in [0.5, 0.6) is 0 Å². The molecule has 3 rings (SSSR count). The molecule has 2 aromatic heterocycles. The molecule has 0 fully saturated rings. The molecule has 0 radical (unpaired) electrons. The number of aromatic nitrogens is 2. The van der Waals surface area contributed by atoms with Crippen LogP contribution in [0.15, 0.2) is 47.2 Å². The smallest absolute Gasteiger partial charge is 0.286 e. The van der Waals surface area contributed by atoms with Crippen molar-refractivity contribution in [2.45, 2.75) is 0 Å². The molecule has 0 saturated carbocycles. The van der Waals surface area contributed by atoms with E-state index in [4.69, 9.17) is 11.6 Å². The Kier molecular flexibility index (Phi) is 4.62. The van der Waals surface area contributed by atoms with Gasteiger partial charge in [-0.1, -0.05) is 41.1 Å². The minimum atomic E-state index is -0.296. The van der Waals surface area contributed by atoms with Gasteiger partial charge in [0.05, 0.1) is 5.03 Å². The second-order valence-corrected chi connectivity index (χ2v) is 6.45. The normalized spacial score (nSPS) is 11.4. The number of carbonyl (C=O) groups is 1. The zero-order valence-electron chi connectivity index (χ0n) is 11.2. The molecule has 1 N–H and O–H groups in total. The van der Waals surface area contributed by atoms with Gasteiger partial charge < -0.3 is 5.32 Å². The average molecular weight is 348 g/mol. The number of para-hydroxylation sites is 1. The van der Waals surface area contributed by atoms with Gasteiger partial charge in [-0.25, -0.2) is 0 Å². The molecular weight excluding hydrogens is 338 g/mol. The Balaban J connectivity index is 1.74. The van der Waals surface area contributed by atoms with Crippen molar-refractivity contribution >= 4 is 57.0 Å². The minimum Gasteiger partial charge on any atom is -0.320 e. The number of nitrogens with one attached hydrogen (secondary N) is 1. The third-order valence-electron chi connectivity index (χ3n) is 2.69. The molecule has 7 heteroatoms. The third-order valence-corrected chi connectivity index (χ3v) is 4.75. The van der Waals surface area contributed by atoms with Crippen LogP contribution in [0, 0.1) is 0 Å². The first-order chi connectivity index (χ1) is 10.7. The summed E-state index contributed by atoms with van der Waals surface area (Å²) in [7, 11) is 0. The van der Waals surface area contributed by atoms with E-state index < -0.39 is 0 Å². The first-order valence-electron chi connectivity index (χ1n) is 6.32. The van der Waals surface area contributed by atoms with Gasteiger partial charge in [0.1, 0.15) is 0 Å². The monoisotopic (exact) mass is 347 g/mol. The number of halogens is 1. The zero-order valence-corrected chi connectivity index (χ0v) is 13.6. The van der Waals surface area contributed by atoms with Crippen molar-refractivity contribution in [2.24, 2.45) is 0 Å². The Bertz CT molecular complexity index is 797. The maximum absolute atomic E-state index is 12.1. The quantitative estimate of drug-likeness (QED) is 0.751. The fourth-order valence-electron chi connectivity index (χ4n) is 1.68. The number of hydrogen-bond acceptors (Lipinski definition) is 5. The van der Waals surface area contributed by atoms with Crippen molar-refractivity contribution in [3.63, 3.8) is 0 Å². The van der Waals surface area contributed by atoms with Crippen LogP contribution in [0.1, 0.15) is 20.4 Å². The van der Waals surface area contributed by atoms with E-state index >= 15 is 0 Å². The molecule has 0 aliphatic heterocycles. The molecule has 2 heterocycles. The highest BCUT2D eigenvalue weighted by Crippen LogP contribution is 2.26. The fraction of sp³-hybridized carbons (Fsp3) is 0. The molecular formula is C15H10ClN3OS2. The van der Waals surface area contributed by atoms with Crippen LogP contribution < -0.4 is 5.32 Å². The summed E-state index contributed by atoms with van der Waals surface area (Å²) in [5, 5.41) is 15.8. The topological polar surface area (TPSA) is 54.9 Å². The first-order valence-corrected chi connectivity index (χ1v) is 8.46. The van der Waals surface area contributed by atoms with Gasteiger partial charge in [-0.3, -0.25) is 4.79 Å². The van der Waals surface area contributed by atoms with Gasteiger partial charge in [0.25, 0.3) is 5.91 Å². The van der Waals surface area contributed by atoms with Crippen molar-refractivity contribution in [2.75, 3.05) is 5.32 Å². The number of benzene rings is 1. The number of anilines is 1. The summed E-state index contributed by atoms with van der Waals surface area (Å²) in [6.45, 7) is 0. The SMILES string of the molecule is O=C(Nc1ccccc1)c1nnc(/C(Cl)=C/c2ccsc2)s1. The molecule has 0 atom stereocenters. The highest BCUT2D eigenvalue weighted by Gasteiger charge is 2.14. The number of thiophene rings is 1. The highest BCUT2D eigenvalue weighted by molar-refractivity contribution is 7.15. The number of hydrogen-bond donors (Lipinski definition) is 1. The van der Waals surface area contributed by atoms with E-state index in [0.29, 0.717) is 15.7 Å². The van der Waals surface area contributed by atoms with Crippen LogP contribution in [0.2, 0.25) is 0 Å². The van der Waals surface area contributed by atoms with Crippen molar-refractivity contribution in [1.29, 1.82) is 0 Å². The molecule has 4 nitrogen and oxygen atoms in total. The van der Waals surface area contributed by atoms with E-state index in [2.05, 4.69) is 15.5 Å². The van der Waals surface area contributed by atoms with Gasteiger partial charge in [0, 0.05) is 5.69 Å². The lowest BCUT2D eigenvalue weighted by atomic mass is 10.3. The summed E-state index contributed by atoms with van der Waals surface area (Å²) in [6.07, 6.45) is 1.80. The molecule has 22 heavy (non-hydrogen) atoms. The second kappa shape index (κ2) is 6.83. The van der Waals surface area contributed by atoms with Crippen molar-refractivity contribution < 1.29 is 4.79 Å². The third kappa shape index (κ3) is 3.59. The zero-order chi connectivity index (χ0) is 15.4. The van der Waals surface area contributed by atoms with E-state index in [1.807, 2.05) is 47.2 Å². The standard InChI is InChI=1S/C15H10ClN3OS2/c16-12(8-10-6-7-21-9-10)14-18-19-15(22-14)13(20)17-11-4-2-1-3-5-11/h1-9H,(H,17,20)/b12-8-. The van der Waals surface area contributed by atoms with Gasteiger partial charge in [0.15, 0.2) is 5.01 Å². The van der Waals surface area contributed by atoms with Crippen LogP contribution in [0.4, 0.5) is 5.69 Å². The van der Waals surface area contributed by atoms with Gasteiger partial charge in [-0.15, -0.1) is 10.2 Å². The van der Waals surface area contributed by atoms with Crippen LogP contribution in [-0.4, -0.2) is 16.1 Å². The average Bonchev–Trinajstić information content (AvgIpc) is 3.19. The Morgan fingerprint density at radius 3 is 2.64 bits per heavy atom. The largest absolute Gasteiger partial charge is 0.320 e. The summed E-state index contributed by atoms with van der Waals surface area (Å²) in [5.74, 6) is -0.296. The van der Waals surface area contributed by atoms with Crippen molar-refractivity contribution in [3.05, 3.63) is 62.7 Å². The van der Waals surface area contributed by atoms with E-state index in [9.17, 15) is 4.79 Å². The van der Waals surface area contributed by atoms with Crippen LogP contribution >= 0.6 is 34.3 Å². The van der Waals surface area contributed by atoms with Crippen LogP contribution in [-0.2, 0) is 0 Å². The van der Waals surface area contributed by atoms with E-state index in [-0.39, 0.29) is 10.9 Å². The van der Waals surface area contributed by atoms with Crippen LogP contribution in [0.3, 0.4) is 0 Å². The maximum atomic E-state index is 12.1. The molecule has 1 amide bonds. The highest BCUT2D eigenvalue weighted by atomic mass is 35.5. The molecule has 0 bridgehead atoms. The summed E-state index contributed by atoms with van der Waals surface area (Å²) < 4.78 is 0. The molecule has 0 saturated heterocycles. The van der Waals surface area contributed by atoms with Crippen molar-refractivity contribution in [1.82, 2.24) is 10.2 Å². The second-order valence-electron chi connectivity index (χ2n) is 4.28. The molecule has 0 unspecified atom stereocenters. The Morgan fingerprint density at radius 1 is 1.14 bits per heavy atom. The fourth-order valence-corrected chi connectivity index (χ4v) is 3.23. The van der Waals surface area contributed by atoms with Gasteiger partial charge in [-0.2, -0.15) is 11.3 Å². The van der Waals surface area contributed by atoms with Crippen LogP contribution in [0.25, 0.3) is 11.1 Å². The number of amides is 1. The van der Waals surface area contributed by atoms with Gasteiger partial charge in [-0.05, 0) is 40.6 Å². The molecule has 0 aliphatic rings. The molecule has 1 aromatic carbocycles.